The molecule has 1 aliphatic heterocycles. The van der Waals surface area contributed by atoms with E-state index < -0.39 is 0 Å². The molecule has 2 amide bonds. The summed E-state index contributed by atoms with van der Waals surface area (Å²) in [5, 5.41) is 3.31. The molecule has 2 bridgehead atoms. The lowest BCUT2D eigenvalue weighted by molar-refractivity contribution is -0.129. The molecular weight excluding hydrogens is 316 g/mol. The Morgan fingerprint density at radius 3 is 2.80 bits per heavy atom. The Morgan fingerprint density at radius 2 is 2.20 bits per heavy atom. The maximum atomic E-state index is 12.8. The summed E-state index contributed by atoms with van der Waals surface area (Å²) in [5.74, 6) is 1.30. The van der Waals surface area contributed by atoms with E-state index in [-0.39, 0.29) is 34.6 Å². The third-order valence-electron chi connectivity index (χ3n) is 7.62. The Morgan fingerprint density at radius 1 is 1.40 bits per heavy atom. The van der Waals surface area contributed by atoms with Gasteiger partial charge in [-0.3, -0.25) is 9.59 Å². The van der Waals surface area contributed by atoms with Crippen LogP contribution in [0.3, 0.4) is 0 Å². The van der Waals surface area contributed by atoms with Crippen LogP contribution in [-0.4, -0.2) is 29.3 Å². The molecule has 136 valence electrons. The second-order valence-electron chi connectivity index (χ2n) is 8.93. The van der Waals surface area contributed by atoms with Crippen LogP contribution >= 0.6 is 0 Å². The number of likely N-dealkylation sites (tertiary alicyclic amines) is 1. The highest BCUT2D eigenvalue weighted by Gasteiger charge is 2.61. The van der Waals surface area contributed by atoms with Gasteiger partial charge in [-0.1, -0.05) is 20.8 Å². The summed E-state index contributed by atoms with van der Waals surface area (Å²) in [6, 6.07) is 3.92. The zero-order valence-electron chi connectivity index (χ0n) is 15.4. The molecule has 4 atom stereocenters. The summed E-state index contributed by atoms with van der Waals surface area (Å²) in [6.45, 7) is 7.96. The van der Waals surface area contributed by atoms with Crippen molar-refractivity contribution in [2.24, 2.45) is 22.7 Å². The Hall–Kier alpha value is -1.78. The summed E-state index contributed by atoms with van der Waals surface area (Å²) >= 11 is 0. The largest absolute Gasteiger partial charge is 0.467 e. The van der Waals surface area contributed by atoms with Crippen molar-refractivity contribution in [3.05, 3.63) is 24.2 Å². The monoisotopic (exact) mass is 344 g/mol. The minimum Gasteiger partial charge on any atom is -0.467 e. The lowest BCUT2D eigenvalue weighted by atomic mass is 9.69. The Balaban J connectivity index is 1.39. The van der Waals surface area contributed by atoms with E-state index in [1.54, 1.807) is 11.2 Å². The minimum atomic E-state index is -0.242. The lowest BCUT2D eigenvalue weighted by Crippen LogP contribution is -2.48. The molecule has 0 aromatic carbocycles. The van der Waals surface area contributed by atoms with Crippen molar-refractivity contribution in [1.29, 1.82) is 0 Å². The van der Waals surface area contributed by atoms with Crippen molar-refractivity contribution in [1.82, 2.24) is 10.2 Å². The Labute approximate surface area is 149 Å². The molecule has 2 saturated carbocycles. The molecule has 5 heteroatoms. The molecule has 0 spiro atoms. The summed E-state index contributed by atoms with van der Waals surface area (Å²) in [5.41, 5.74) is 0.450. The van der Waals surface area contributed by atoms with Gasteiger partial charge in [-0.2, -0.15) is 0 Å². The van der Waals surface area contributed by atoms with E-state index in [0.29, 0.717) is 25.4 Å². The molecule has 1 aromatic rings. The average molecular weight is 344 g/mol. The van der Waals surface area contributed by atoms with Gasteiger partial charge in [-0.15, -0.1) is 0 Å². The normalized spacial score (nSPS) is 36.2. The van der Waals surface area contributed by atoms with Crippen molar-refractivity contribution in [2.45, 2.75) is 59.0 Å². The van der Waals surface area contributed by atoms with E-state index in [0.717, 1.165) is 12.2 Å². The van der Waals surface area contributed by atoms with Gasteiger partial charge >= 0.3 is 0 Å². The third-order valence-corrected chi connectivity index (χ3v) is 7.62. The van der Waals surface area contributed by atoms with E-state index in [1.165, 1.54) is 12.8 Å². The quantitative estimate of drug-likeness (QED) is 0.913. The maximum absolute atomic E-state index is 12.8. The van der Waals surface area contributed by atoms with Gasteiger partial charge in [-0.05, 0) is 48.1 Å². The van der Waals surface area contributed by atoms with E-state index in [2.05, 4.69) is 26.1 Å². The second kappa shape index (κ2) is 5.61. The number of carbonyl (C=O) groups is 2. The van der Waals surface area contributed by atoms with Crippen LogP contribution in [0.2, 0.25) is 0 Å². The van der Waals surface area contributed by atoms with Crippen molar-refractivity contribution >= 4 is 11.8 Å². The van der Waals surface area contributed by atoms with Gasteiger partial charge in [0.25, 0.3) is 0 Å². The number of nitrogens with one attached hydrogen (secondary N) is 1. The topological polar surface area (TPSA) is 62.6 Å². The van der Waals surface area contributed by atoms with Gasteiger partial charge < -0.3 is 14.6 Å². The molecular formula is C20H28N2O3. The standard InChI is InChI=1S/C20H28N2O3/c1-19(2)14-6-7-20(19,3)16(10-14)21-18(24)13-9-17(23)22(11-13)12-15-5-4-8-25-15/h4-5,8,13-14,16H,6-7,9-12H2,1-3H3,(H,21,24)/t13-,14+,16-,20+/m1/s1. The third kappa shape index (κ3) is 2.51. The molecule has 1 saturated heterocycles. The number of rotatable bonds is 4. The maximum Gasteiger partial charge on any atom is 0.225 e. The smallest absolute Gasteiger partial charge is 0.225 e. The zero-order valence-corrected chi connectivity index (χ0v) is 15.4. The first kappa shape index (κ1) is 16.7. The number of furan rings is 1. The highest BCUT2D eigenvalue weighted by Crippen LogP contribution is 2.65. The Bertz CT molecular complexity index is 681. The van der Waals surface area contributed by atoms with Crippen LogP contribution in [0.25, 0.3) is 0 Å². The molecule has 0 unspecified atom stereocenters. The van der Waals surface area contributed by atoms with Gasteiger partial charge in [0.1, 0.15) is 5.76 Å². The number of hydrogen-bond donors (Lipinski definition) is 1. The first-order valence-electron chi connectivity index (χ1n) is 9.42. The molecule has 3 fully saturated rings. The van der Waals surface area contributed by atoms with Crippen LogP contribution < -0.4 is 5.32 Å². The number of carbonyl (C=O) groups excluding carboxylic acids is 2. The van der Waals surface area contributed by atoms with Crippen molar-refractivity contribution in [3.8, 4) is 0 Å². The number of fused-ring (bicyclic) bond motifs is 2. The fourth-order valence-electron chi connectivity index (χ4n) is 5.40. The van der Waals surface area contributed by atoms with Crippen molar-refractivity contribution in [2.75, 3.05) is 6.54 Å². The second-order valence-corrected chi connectivity index (χ2v) is 8.93. The highest BCUT2D eigenvalue weighted by molar-refractivity contribution is 5.89. The summed E-state index contributed by atoms with van der Waals surface area (Å²) in [6.07, 6.45) is 5.45. The SMILES string of the molecule is CC1(C)[C@H]2CC[C@@]1(C)[C@H](NC(=O)[C@@H]1CC(=O)N(Cc3ccco3)C1)C2. The predicted molar refractivity (Wildman–Crippen MR) is 93.4 cm³/mol. The van der Waals surface area contributed by atoms with Crippen LogP contribution in [0.5, 0.6) is 0 Å². The average Bonchev–Trinajstić information content (AvgIpc) is 3.27. The summed E-state index contributed by atoms with van der Waals surface area (Å²) < 4.78 is 5.32. The molecule has 1 N–H and O–H groups in total. The highest BCUT2D eigenvalue weighted by atomic mass is 16.3. The first-order chi connectivity index (χ1) is 11.8. The van der Waals surface area contributed by atoms with Gasteiger partial charge in [0, 0.05) is 19.0 Å². The van der Waals surface area contributed by atoms with E-state index in [1.807, 2.05) is 12.1 Å². The summed E-state index contributed by atoms with van der Waals surface area (Å²) in [7, 11) is 0. The van der Waals surface area contributed by atoms with Gasteiger partial charge in [0.2, 0.25) is 11.8 Å². The van der Waals surface area contributed by atoms with Crippen molar-refractivity contribution in [3.63, 3.8) is 0 Å². The molecule has 2 heterocycles. The van der Waals surface area contributed by atoms with E-state index in [4.69, 9.17) is 4.42 Å². The zero-order chi connectivity index (χ0) is 17.8. The molecule has 3 aliphatic rings. The predicted octanol–water partition coefficient (Wildman–Crippen LogP) is 2.96. The fraction of sp³-hybridized carbons (Fsp3) is 0.700. The van der Waals surface area contributed by atoms with Crippen LogP contribution in [-0.2, 0) is 16.1 Å². The lowest BCUT2D eigenvalue weighted by Gasteiger charge is -2.39. The molecule has 5 nitrogen and oxygen atoms in total. The first-order valence-corrected chi connectivity index (χ1v) is 9.42. The van der Waals surface area contributed by atoms with Crippen molar-refractivity contribution < 1.29 is 14.0 Å². The van der Waals surface area contributed by atoms with Gasteiger partial charge in [0.05, 0.1) is 18.7 Å². The van der Waals surface area contributed by atoms with Crippen LogP contribution in [0.15, 0.2) is 22.8 Å². The van der Waals surface area contributed by atoms with Crippen LogP contribution in [0, 0.1) is 22.7 Å². The minimum absolute atomic E-state index is 0.0380. The van der Waals surface area contributed by atoms with Gasteiger partial charge in [-0.25, -0.2) is 0 Å². The fourth-order valence-corrected chi connectivity index (χ4v) is 5.40. The molecule has 4 rings (SSSR count). The van der Waals surface area contributed by atoms with Crippen LogP contribution in [0.1, 0.15) is 52.2 Å². The Kier molecular flexibility index (Phi) is 3.74. The van der Waals surface area contributed by atoms with E-state index in [9.17, 15) is 9.59 Å². The van der Waals surface area contributed by atoms with Crippen LogP contribution in [0.4, 0.5) is 0 Å². The molecule has 1 aromatic heterocycles. The number of amides is 2. The number of hydrogen-bond acceptors (Lipinski definition) is 3. The van der Waals surface area contributed by atoms with E-state index >= 15 is 0 Å². The summed E-state index contributed by atoms with van der Waals surface area (Å²) in [4.78, 5) is 26.8. The molecule has 0 radical (unpaired) electrons. The molecule has 25 heavy (non-hydrogen) atoms. The molecule has 2 aliphatic carbocycles. The number of nitrogens with zero attached hydrogens (tertiary/aromatic N) is 1. The van der Waals surface area contributed by atoms with Gasteiger partial charge in [0.15, 0.2) is 0 Å².